The van der Waals surface area contributed by atoms with Crippen molar-refractivity contribution in [1.82, 2.24) is 5.32 Å². The number of benzene rings is 2. The minimum atomic E-state index is -3.95. The van der Waals surface area contributed by atoms with Gasteiger partial charge in [0.05, 0.1) is 25.1 Å². The molecule has 0 spiro atoms. The minimum Gasteiger partial charge on any atom is -0.496 e. The van der Waals surface area contributed by atoms with Gasteiger partial charge >= 0.3 is 0 Å². The molecule has 0 bridgehead atoms. The lowest BCUT2D eigenvalue weighted by Crippen LogP contribution is -2.48. The Morgan fingerprint density at radius 1 is 1.11 bits per heavy atom. The number of carbonyl (C=O) groups excluding carboxylic acids is 1. The van der Waals surface area contributed by atoms with Gasteiger partial charge in [0, 0.05) is 11.6 Å². The Morgan fingerprint density at radius 3 is 2.32 bits per heavy atom. The zero-order valence-electron chi connectivity index (χ0n) is 15.9. The second kappa shape index (κ2) is 8.55. The highest BCUT2D eigenvalue weighted by molar-refractivity contribution is 7.92. The van der Waals surface area contributed by atoms with Gasteiger partial charge in [-0.3, -0.25) is 9.10 Å². The Labute approximate surface area is 163 Å². The highest BCUT2D eigenvalue weighted by Gasteiger charge is 2.30. The first-order chi connectivity index (χ1) is 13.1. The molecule has 28 heavy (non-hydrogen) atoms. The van der Waals surface area contributed by atoms with E-state index in [2.05, 4.69) is 5.32 Å². The summed E-state index contributed by atoms with van der Waals surface area (Å²) in [6.07, 6.45) is 0.891. The number of hydrogen-bond donors (Lipinski definition) is 1. The zero-order chi connectivity index (χ0) is 21.1. The molecule has 0 saturated heterocycles. The number of methoxy groups -OCH3 is 1. The van der Waals surface area contributed by atoms with E-state index in [1.807, 2.05) is 0 Å². The third-order valence-electron chi connectivity index (χ3n) is 4.21. The van der Waals surface area contributed by atoms with E-state index in [1.165, 1.54) is 14.0 Å². The van der Waals surface area contributed by atoms with Crippen molar-refractivity contribution in [2.45, 2.75) is 25.9 Å². The summed E-state index contributed by atoms with van der Waals surface area (Å²) in [5.74, 6) is -2.35. The Balaban J connectivity index is 2.30. The first-order valence-electron chi connectivity index (χ1n) is 8.44. The molecule has 2 aromatic rings. The third-order valence-corrected chi connectivity index (χ3v) is 5.45. The predicted octanol–water partition coefficient (Wildman–Crippen LogP) is 3.01. The summed E-state index contributed by atoms with van der Waals surface area (Å²) >= 11 is 0. The Hall–Kier alpha value is -2.68. The van der Waals surface area contributed by atoms with Gasteiger partial charge in [-0.25, -0.2) is 17.2 Å². The number of rotatable bonds is 7. The van der Waals surface area contributed by atoms with Gasteiger partial charge in [-0.1, -0.05) is 18.2 Å². The molecule has 0 aliphatic rings. The van der Waals surface area contributed by atoms with Gasteiger partial charge in [-0.15, -0.1) is 0 Å². The molecule has 6 nitrogen and oxygen atoms in total. The summed E-state index contributed by atoms with van der Waals surface area (Å²) in [5, 5.41) is 2.73. The molecule has 0 fully saturated rings. The molecular formula is C19H22F2N2O4S. The molecule has 0 heterocycles. The second-order valence-electron chi connectivity index (χ2n) is 6.31. The molecule has 1 N–H and O–H groups in total. The molecule has 2 rings (SSSR count). The van der Waals surface area contributed by atoms with Crippen LogP contribution in [0.2, 0.25) is 0 Å². The first-order valence-corrected chi connectivity index (χ1v) is 10.3. The number of nitrogens with one attached hydrogen (secondary N) is 1. The fraction of sp³-hybridized carbons (Fsp3) is 0.316. The quantitative estimate of drug-likeness (QED) is 0.759. The van der Waals surface area contributed by atoms with Crippen LogP contribution in [-0.4, -0.2) is 33.7 Å². The van der Waals surface area contributed by atoms with Crippen LogP contribution in [0.15, 0.2) is 42.5 Å². The maximum Gasteiger partial charge on any atom is 0.244 e. The van der Waals surface area contributed by atoms with Crippen molar-refractivity contribution in [3.63, 3.8) is 0 Å². The number of anilines is 1. The number of sulfonamides is 1. The number of amides is 1. The van der Waals surface area contributed by atoms with E-state index >= 15 is 0 Å². The van der Waals surface area contributed by atoms with E-state index in [0.29, 0.717) is 11.3 Å². The van der Waals surface area contributed by atoms with Crippen molar-refractivity contribution < 1.29 is 26.7 Å². The van der Waals surface area contributed by atoms with Crippen molar-refractivity contribution in [2.75, 3.05) is 17.7 Å². The van der Waals surface area contributed by atoms with Crippen molar-refractivity contribution in [1.29, 1.82) is 0 Å². The average Bonchev–Trinajstić information content (AvgIpc) is 2.63. The Kier molecular flexibility index (Phi) is 6.60. The summed E-state index contributed by atoms with van der Waals surface area (Å²) in [7, 11) is -2.44. The highest BCUT2D eigenvalue weighted by atomic mass is 32.2. The molecule has 0 unspecified atom stereocenters. The molecular weight excluding hydrogens is 390 g/mol. The summed E-state index contributed by atoms with van der Waals surface area (Å²) < 4.78 is 57.3. The predicted molar refractivity (Wildman–Crippen MR) is 103 cm³/mol. The standard InChI is InChI=1S/C19H22F2N2O4S/c1-12(15-7-5-6-8-18(15)27-3)22-19(24)13(2)23(28(4,25)26)14-9-10-16(20)17(21)11-14/h5-13H,1-4H3,(H,22,24)/t12-,13-/m1/s1. The van der Waals surface area contributed by atoms with Gasteiger partial charge in [0.1, 0.15) is 11.8 Å². The summed E-state index contributed by atoms with van der Waals surface area (Å²) in [5.41, 5.74) is 0.568. The van der Waals surface area contributed by atoms with Crippen LogP contribution in [0, 0.1) is 11.6 Å². The van der Waals surface area contributed by atoms with E-state index in [9.17, 15) is 22.0 Å². The number of para-hydroxylation sites is 1. The molecule has 9 heteroatoms. The average molecular weight is 412 g/mol. The highest BCUT2D eigenvalue weighted by Crippen LogP contribution is 2.26. The zero-order valence-corrected chi connectivity index (χ0v) is 16.8. The molecule has 0 aromatic heterocycles. The fourth-order valence-electron chi connectivity index (χ4n) is 2.87. The molecule has 0 aliphatic heterocycles. The van der Waals surface area contributed by atoms with Crippen LogP contribution in [0.5, 0.6) is 5.75 Å². The molecule has 0 aliphatic carbocycles. The largest absolute Gasteiger partial charge is 0.496 e. The maximum atomic E-state index is 13.6. The number of hydrogen-bond acceptors (Lipinski definition) is 4. The Bertz CT molecular complexity index is 966. The minimum absolute atomic E-state index is 0.144. The summed E-state index contributed by atoms with van der Waals surface area (Å²) in [6.45, 7) is 3.09. The number of nitrogens with zero attached hydrogens (tertiary/aromatic N) is 1. The van der Waals surface area contributed by atoms with Crippen molar-refractivity contribution in [3.8, 4) is 5.75 Å². The van der Waals surface area contributed by atoms with Crippen LogP contribution in [0.1, 0.15) is 25.5 Å². The number of ether oxygens (including phenoxy) is 1. The molecule has 2 aromatic carbocycles. The number of carbonyl (C=O) groups is 1. The fourth-order valence-corrected chi connectivity index (χ4v) is 4.03. The van der Waals surface area contributed by atoms with E-state index in [-0.39, 0.29) is 5.69 Å². The van der Waals surface area contributed by atoms with Gasteiger partial charge in [-0.2, -0.15) is 0 Å². The van der Waals surface area contributed by atoms with Gasteiger partial charge in [-0.05, 0) is 32.0 Å². The lowest BCUT2D eigenvalue weighted by molar-refractivity contribution is -0.122. The Morgan fingerprint density at radius 2 is 1.75 bits per heavy atom. The molecule has 0 radical (unpaired) electrons. The summed E-state index contributed by atoms with van der Waals surface area (Å²) in [6, 6.07) is 8.07. The maximum absolute atomic E-state index is 13.6. The molecule has 2 atom stereocenters. The lowest BCUT2D eigenvalue weighted by Gasteiger charge is -2.29. The van der Waals surface area contributed by atoms with Crippen molar-refractivity contribution in [3.05, 3.63) is 59.7 Å². The summed E-state index contributed by atoms with van der Waals surface area (Å²) in [4.78, 5) is 12.7. The normalized spacial score (nSPS) is 13.5. The first kappa shape index (κ1) is 21.6. The molecule has 0 saturated carbocycles. The van der Waals surface area contributed by atoms with Gasteiger partial charge in [0.25, 0.3) is 0 Å². The van der Waals surface area contributed by atoms with Crippen LogP contribution in [0.3, 0.4) is 0 Å². The van der Waals surface area contributed by atoms with E-state index in [4.69, 9.17) is 4.74 Å². The van der Waals surface area contributed by atoms with E-state index < -0.39 is 39.6 Å². The molecule has 152 valence electrons. The lowest BCUT2D eigenvalue weighted by atomic mass is 10.1. The van der Waals surface area contributed by atoms with Crippen LogP contribution >= 0.6 is 0 Å². The van der Waals surface area contributed by atoms with Gasteiger partial charge in [0.2, 0.25) is 15.9 Å². The second-order valence-corrected chi connectivity index (χ2v) is 8.16. The van der Waals surface area contributed by atoms with Crippen LogP contribution in [0.25, 0.3) is 0 Å². The molecule has 1 amide bonds. The van der Waals surface area contributed by atoms with Crippen LogP contribution in [-0.2, 0) is 14.8 Å². The van der Waals surface area contributed by atoms with Gasteiger partial charge < -0.3 is 10.1 Å². The number of halogens is 2. The van der Waals surface area contributed by atoms with Crippen molar-refractivity contribution >= 4 is 21.6 Å². The SMILES string of the molecule is COc1ccccc1[C@@H](C)NC(=O)[C@@H](C)N(c1ccc(F)c(F)c1)S(C)(=O)=O. The smallest absolute Gasteiger partial charge is 0.244 e. The van der Waals surface area contributed by atoms with E-state index in [0.717, 1.165) is 28.8 Å². The monoisotopic (exact) mass is 412 g/mol. The van der Waals surface area contributed by atoms with Crippen LogP contribution in [0.4, 0.5) is 14.5 Å². The third kappa shape index (κ3) is 4.78. The topological polar surface area (TPSA) is 75.7 Å². The van der Waals surface area contributed by atoms with Crippen molar-refractivity contribution in [2.24, 2.45) is 0 Å². The van der Waals surface area contributed by atoms with E-state index in [1.54, 1.807) is 31.2 Å². The van der Waals surface area contributed by atoms with Crippen LogP contribution < -0.4 is 14.4 Å². The van der Waals surface area contributed by atoms with Gasteiger partial charge in [0.15, 0.2) is 11.6 Å².